The van der Waals surface area contributed by atoms with E-state index in [0.717, 1.165) is 35.5 Å². The molecule has 196 valence electrons. The second-order valence-corrected chi connectivity index (χ2v) is 14.7. The third-order valence-corrected chi connectivity index (χ3v) is 13.2. The van der Waals surface area contributed by atoms with Gasteiger partial charge in [-0.25, -0.2) is 0 Å². The highest BCUT2D eigenvalue weighted by Crippen LogP contribution is 2.66. The summed E-state index contributed by atoms with van der Waals surface area (Å²) >= 11 is 0. The Bertz CT molecular complexity index is 1220. The van der Waals surface area contributed by atoms with Crippen LogP contribution in [0, 0.1) is 40.9 Å². The Balaban J connectivity index is 1.18. The van der Waals surface area contributed by atoms with Gasteiger partial charge in [-0.3, -0.25) is 0 Å². The van der Waals surface area contributed by atoms with Crippen LogP contribution in [-0.4, -0.2) is 0 Å². The number of hydrogen-bond acceptors (Lipinski definition) is 0. The van der Waals surface area contributed by atoms with Crippen molar-refractivity contribution in [1.82, 2.24) is 0 Å². The van der Waals surface area contributed by atoms with Crippen molar-refractivity contribution in [2.24, 2.45) is 40.9 Å². The molecule has 2 aromatic carbocycles. The molecular formula is C38H44. The Morgan fingerprint density at radius 1 is 0.526 bits per heavy atom. The topological polar surface area (TPSA) is 0 Å². The minimum Gasteiger partial charge on any atom is -0.0723 e. The zero-order valence-corrected chi connectivity index (χ0v) is 23.1. The van der Waals surface area contributed by atoms with Crippen LogP contribution in [0.2, 0.25) is 0 Å². The molecule has 0 aliphatic heterocycles. The molecule has 0 heteroatoms. The summed E-state index contributed by atoms with van der Waals surface area (Å²) in [6, 6.07) is 19.4. The van der Waals surface area contributed by atoms with Gasteiger partial charge >= 0.3 is 0 Å². The Kier molecular flexibility index (Phi) is 5.05. The van der Waals surface area contributed by atoms with E-state index < -0.39 is 0 Å². The largest absolute Gasteiger partial charge is 0.0723 e. The molecule has 9 rings (SSSR count). The van der Waals surface area contributed by atoms with E-state index in [0.29, 0.717) is 17.3 Å². The molecule has 4 bridgehead atoms. The fourth-order valence-corrected chi connectivity index (χ4v) is 11.7. The van der Waals surface area contributed by atoms with E-state index in [1.54, 1.807) is 33.4 Å². The summed E-state index contributed by atoms with van der Waals surface area (Å²) < 4.78 is 0. The van der Waals surface area contributed by atoms with Crippen molar-refractivity contribution in [3.8, 4) is 0 Å². The maximum Gasteiger partial charge on any atom is 0.00954 e. The monoisotopic (exact) mass is 500 g/mol. The highest BCUT2D eigenvalue weighted by atomic mass is 14.6. The molecule has 8 unspecified atom stereocenters. The van der Waals surface area contributed by atoms with Gasteiger partial charge in [-0.15, -0.1) is 0 Å². The van der Waals surface area contributed by atoms with Crippen LogP contribution in [0.4, 0.5) is 0 Å². The Hall–Kier alpha value is -2.08. The zero-order valence-electron chi connectivity index (χ0n) is 23.1. The lowest BCUT2D eigenvalue weighted by Crippen LogP contribution is -2.35. The molecule has 5 fully saturated rings. The Morgan fingerprint density at radius 3 is 1.47 bits per heavy atom. The molecule has 2 aromatic rings. The van der Waals surface area contributed by atoms with Crippen LogP contribution in [0.5, 0.6) is 0 Å². The molecule has 8 atom stereocenters. The first-order chi connectivity index (χ1) is 18.8. The summed E-state index contributed by atoms with van der Waals surface area (Å²) in [5.74, 6) is 6.76. The van der Waals surface area contributed by atoms with Crippen molar-refractivity contribution >= 4 is 11.1 Å². The molecule has 7 aliphatic carbocycles. The van der Waals surface area contributed by atoms with Gasteiger partial charge in [-0.05, 0) is 126 Å². The SMILES string of the molecule is C1=C(C2CC3CCC2C3)c2ccccc2C1C1(C2C=C(C3CC4CCC3C4)c3ccccc32)CCCCC1. The minimum atomic E-state index is 0.337. The Morgan fingerprint density at radius 2 is 1.03 bits per heavy atom. The summed E-state index contributed by atoms with van der Waals surface area (Å²) in [7, 11) is 0. The molecule has 0 radical (unpaired) electrons. The van der Waals surface area contributed by atoms with Gasteiger partial charge in [0.1, 0.15) is 0 Å². The van der Waals surface area contributed by atoms with Gasteiger partial charge < -0.3 is 0 Å². The molecule has 5 saturated carbocycles. The number of rotatable bonds is 4. The molecule has 0 heterocycles. The highest BCUT2D eigenvalue weighted by molar-refractivity contribution is 5.80. The van der Waals surface area contributed by atoms with Gasteiger partial charge in [0.25, 0.3) is 0 Å². The second kappa shape index (κ2) is 8.46. The van der Waals surface area contributed by atoms with Crippen LogP contribution in [0.25, 0.3) is 11.1 Å². The first kappa shape index (κ1) is 22.7. The normalized spacial score (nSPS) is 39.8. The fourth-order valence-electron chi connectivity index (χ4n) is 11.7. The van der Waals surface area contributed by atoms with E-state index >= 15 is 0 Å². The molecule has 0 amide bonds. The molecule has 7 aliphatic rings. The number of hydrogen-bond donors (Lipinski definition) is 0. The third-order valence-electron chi connectivity index (χ3n) is 13.2. The summed E-state index contributed by atoms with van der Waals surface area (Å²) in [5, 5.41) is 0. The maximum atomic E-state index is 2.88. The Labute approximate surface area is 230 Å². The summed E-state index contributed by atoms with van der Waals surface area (Å²) in [4.78, 5) is 0. The van der Waals surface area contributed by atoms with Gasteiger partial charge in [0.15, 0.2) is 0 Å². The van der Waals surface area contributed by atoms with E-state index in [1.165, 1.54) is 83.5 Å². The van der Waals surface area contributed by atoms with Gasteiger partial charge in [0.2, 0.25) is 0 Å². The van der Waals surface area contributed by atoms with Gasteiger partial charge in [0, 0.05) is 11.8 Å². The van der Waals surface area contributed by atoms with Crippen LogP contribution in [0.1, 0.15) is 118 Å². The molecule has 0 N–H and O–H groups in total. The molecule has 0 nitrogen and oxygen atoms in total. The number of fused-ring (bicyclic) bond motifs is 6. The molecular weight excluding hydrogens is 456 g/mol. The van der Waals surface area contributed by atoms with Crippen molar-refractivity contribution in [2.45, 2.75) is 95.3 Å². The quantitative estimate of drug-likeness (QED) is 0.392. The summed E-state index contributed by atoms with van der Waals surface area (Å²) in [5.41, 5.74) is 10.5. The first-order valence-electron chi connectivity index (χ1n) is 16.4. The average molecular weight is 501 g/mol. The average Bonchev–Trinajstić information content (AvgIpc) is 3.82. The van der Waals surface area contributed by atoms with E-state index in [-0.39, 0.29) is 0 Å². The van der Waals surface area contributed by atoms with Crippen molar-refractivity contribution in [3.63, 3.8) is 0 Å². The summed E-state index contributed by atoms with van der Waals surface area (Å²) in [6.45, 7) is 0. The second-order valence-electron chi connectivity index (χ2n) is 14.7. The van der Waals surface area contributed by atoms with Crippen LogP contribution in [-0.2, 0) is 0 Å². The smallest absolute Gasteiger partial charge is 0.00954 e. The third kappa shape index (κ3) is 3.16. The predicted octanol–water partition coefficient (Wildman–Crippen LogP) is 10.2. The van der Waals surface area contributed by atoms with Gasteiger partial charge in [-0.2, -0.15) is 0 Å². The maximum absolute atomic E-state index is 2.88. The van der Waals surface area contributed by atoms with E-state index in [1.807, 2.05) is 0 Å². The highest BCUT2D eigenvalue weighted by Gasteiger charge is 2.53. The number of allylic oxidation sites excluding steroid dienone is 4. The lowest BCUT2D eigenvalue weighted by atomic mass is 9.57. The first-order valence-corrected chi connectivity index (χ1v) is 16.4. The van der Waals surface area contributed by atoms with Gasteiger partial charge in [-0.1, -0.05) is 92.8 Å². The van der Waals surface area contributed by atoms with Crippen LogP contribution < -0.4 is 0 Å². The van der Waals surface area contributed by atoms with Crippen molar-refractivity contribution < 1.29 is 0 Å². The van der Waals surface area contributed by atoms with Crippen LogP contribution >= 0.6 is 0 Å². The van der Waals surface area contributed by atoms with Gasteiger partial charge in [0.05, 0.1) is 0 Å². The molecule has 0 saturated heterocycles. The van der Waals surface area contributed by atoms with Crippen molar-refractivity contribution in [2.75, 3.05) is 0 Å². The van der Waals surface area contributed by atoms with Crippen LogP contribution in [0.3, 0.4) is 0 Å². The minimum absolute atomic E-state index is 0.337. The molecule has 0 aromatic heterocycles. The van der Waals surface area contributed by atoms with E-state index in [2.05, 4.69) is 60.7 Å². The summed E-state index contributed by atoms with van der Waals surface area (Å²) in [6.07, 6.45) is 24.7. The van der Waals surface area contributed by atoms with E-state index in [9.17, 15) is 0 Å². The molecule has 38 heavy (non-hydrogen) atoms. The number of benzene rings is 2. The standard InChI is InChI=1S/C38H44/c1-6-16-38(17-7-1,36-22-34(28-8-2-4-10-30(28)36)32-20-24-12-14-26(32)18-24)37-23-35(29-9-3-5-11-31(29)37)33-21-25-13-15-27(33)19-25/h2-5,8-11,22-27,32-33,36-37H,1,6-7,12-21H2. The fraction of sp³-hybridized carbons (Fsp3) is 0.579. The lowest BCUT2D eigenvalue weighted by Gasteiger charge is -2.46. The van der Waals surface area contributed by atoms with Crippen LogP contribution in [0.15, 0.2) is 60.7 Å². The zero-order chi connectivity index (χ0) is 24.8. The lowest BCUT2D eigenvalue weighted by molar-refractivity contribution is 0.144. The molecule has 0 spiro atoms. The van der Waals surface area contributed by atoms with Crippen molar-refractivity contribution in [1.29, 1.82) is 0 Å². The van der Waals surface area contributed by atoms with Crippen molar-refractivity contribution in [3.05, 3.63) is 82.9 Å². The predicted molar refractivity (Wildman–Crippen MR) is 158 cm³/mol. The van der Waals surface area contributed by atoms with E-state index in [4.69, 9.17) is 0 Å².